The van der Waals surface area contributed by atoms with Gasteiger partial charge in [0.15, 0.2) is 5.78 Å². The minimum absolute atomic E-state index is 0.0590. The number of rotatable bonds is 15. The molecule has 10 N–H and O–H groups in total. The Labute approximate surface area is 238 Å². The van der Waals surface area contributed by atoms with Crippen LogP contribution in [-0.4, -0.2) is 90.7 Å². The van der Waals surface area contributed by atoms with Crippen LogP contribution >= 0.6 is 0 Å². The summed E-state index contributed by atoms with van der Waals surface area (Å²) >= 11 is 0. The Kier molecular flexibility index (Phi) is 9.98. The molecule has 3 rings (SSSR count). The number of benzene rings is 1. The summed E-state index contributed by atoms with van der Waals surface area (Å²) in [6.07, 6.45) is 0.512. The molecule has 0 saturated carbocycles. The summed E-state index contributed by atoms with van der Waals surface area (Å²) in [4.78, 5) is 72.4. The van der Waals surface area contributed by atoms with Crippen molar-refractivity contribution in [3.05, 3.63) is 41.6 Å². The van der Waals surface area contributed by atoms with Crippen molar-refractivity contribution in [1.29, 1.82) is 0 Å². The van der Waals surface area contributed by atoms with Gasteiger partial charge in [0.1, 0.15) is 17.6 Å². The van der Waals surface area contributed by atoms with Gasteiger partial charge < -0.3 is 47.1 Å². The number of fused-ring (bicyclic) bond motifs is 1. The highest BCUT2D eigenvalue weighted by atomic mass is 16.4. The van der Waals surface area contributed by atoms with Crippen LogP contribution in [0.25, 0.3) is 11.0 Å². The predicted octanol–water partition coefficient (Wildman–Crippen LogP) is -0.0403. The van der Waals surface area contributed by atoms with Crippen LogP contribution in [0.5, 0.6) is 5.88 Å². The van der Waals surface area contributed by atoms with Gasteiger partial charge in [-0.1, -0.05) is 0 Å². The maximum absolute atomic E-state index is 13.0. The molecule has 0 radical (unpaired) electrons. The SMILES string of the molecule is CN(CCc1c[nH]c2nc(N)nc(O)c12)c1ccc(C(=O)N[C@@H](CCC(=O)O)C(=O)C(C[C@H](N)C(=O)O)C(=O)O)cc1. The van der Waals surface area contributed by atoms with Crippen LogP contribution in [0.2, 0.25) is 0 Å². The fraction of sp³-hybridized carbons (Fsp3) is 0.346. The lowest BCUT2D eigenvalue weighted by Crippen LogP contribution is -2.47. The first-order chi connectivity index (χ1) is 19.8. The quantitative estimate of drug-likeness (QED) is 0.109. The molecule has 42 heavy (non-hydrogen) atoms. The Hall–Kier alpha value is -5.25. The Balaban J connectivity index is 1.69. The molecular formula is C26H31N7O9. The van der Waals surface area contributed by atoms with E-state index in [0.717, 1.165) is 11.3 Å². The molecule has 0 aliphatic carbocycles. The highest BCUT2D eigenvalue weighted by Gasteiger charge is 2.36. The molecule has 0 saturated heterocycles. The number of hydrogen-bond acceptors (Lipinski definition) is 11. The van der Waals surface area contributed by atoms with Gasteiger partial charge in [0.25, 0.3) is 5.91 Å². The lowest BCUT2D eigenvalue weighted by molar-refractivity contribution is -0.148. The number of nitrogens with zero attached hydrogens (tertiary/aromatic N) is 3. The van der Waals surface area contributed by atoms with E-state index < -0.39 is 66.9 Å². The average Bonchev–Trinajstić information content (AvgIpc) is 3.34. The van der Waals surface area contributed by atoms with Crippen molar-refractivity contribution in [2.24, 2.45) is 11.7 Å². The molecule has 2 heterocycles. The molecule has 0 aliphatic heterocycles. The second-order valence-electron chi connectivity index (χ2n) is 9.59. The molecule has 1 aromatic carbocycles. The standard InChI is InChI=1S/C26H31N7O9/c1-33(9-8-13-11-29-21-19(13)23(38)32-26(28)31-21)14-4-2-12(3-5-14)22(37)30-17(6-7-18(34)35)20(36)15(24(39)40)10-16(27)25(41)42/h2-5,11,15-17H,6-10,27H2,1H3,(H,30,37)(H,34,35)(H,39,40)(H,41,42)(H4,28,29,31,32,38)/t15?,16-,17-/m0/s1. The first kappa shape index (κ1) is 31.3. The number of carboxylic acid groups (broad SMARTS) is 3. The monoisotopic (exact) mass is 585 g/mol. The summed E-state index contributed by atoms with van der Waals surface area (Å²) in [5, 5.41) is 40.5. The molecule has 0 bridgehead atoms. The zero-order chi connectivity index (χ0) is 31.1. The van der Waals surface area contributed by atoms with E-state index in [1.54, 1.807) is 18.3 Å². The van der Waals surface area contributed by atoms with Gasteiger partial charge in [0.2, 0.25) is 11.8 Å². The van der Waals surface area contributed by atoms with Crippen LogP contribution in [-0.2, 0) is 25.6 Å². The average molecular weight is 586 g/mol. The van der Waals surface area contributed by atoms with E-state index in [1.165, 1.54) is 12.1 Å². The number of H-pyrrole nitrogens is 1. The van der Waals surface area contributed by atoms with Crippen molar-refractivity contribution in [2.75, 3.05) is 24.2 Å². The van der Waals surface area contributed by atoms with E-state index in [4.69, 9.17) is 21.7 Å². The zero-order valence-electron chi connectivity index (χ0n) is 22.5. The van der Waals surface area contributed by atoms with Crippen LogP contribution in [0, 0.1) is 5.92 Å². The summed E-state index contributed by atoms with van der Waals surface area (Å²) in [7, 11) is 1.81. The number of nitrogens with two attached hydrogens (primary N) is 2. The number of aromatic nitrogens is 3. The number of likely N-dealkylation sites (N-methyl/N-ethyl adjacent to an activating group) is 1. The van der Waals surface area contributed by atoms with Crippen LogP contribution in [0.4, 0.5) is 11.6 Å². The topological polar surface area (TPSA) is 275 Å². The Bertz CT molecular complexity index is 1490. The normalized spacial score (nSPS) is 13.2. The van der Waals surface area contributed by atoms with Gasteiger partial charge in [-0.25, -0.2) is 0 Å². The third kappa shape index (κ3) is 7.69. The van der Waals surface area contributed by atoms with Crippen molar-refractivity contribution in [3.63, 3.8) is 0 Å². The van der Waals surface area contributed by atoms with E-state index in [1.807, 2.05) is 11.9 Å². The maximum atomic E-state index is 13.0. The summed E-state index contributed by atoms with van der Waals surface area (Å²) in [6, 6.07) is 3.08. The lowest BCUT2D eigenvalue weighted by atomic mass is 9.89. The molecule has 16 heteroatoms. The third-order valence-electron chi connectivity index (χ3n) is 6.64. The molecule has 3 atom stereocenters. The lowest BCUT2D eigenvalue weighted by Gasteiger charge is -2.22. The Morgan fingerprint density at radius 3 is 2.31 bits per heavy atom. The van der Waals surface area contributed by atoms with Gasteiger partial charge in [-0.2, -0.15) is 9.97 Å². The minimum atomic E-state index is -1.87. The molecule has 0 spiro atoms. The zero-order valence-corrected chi connectivity index (χ0v) is 22.5. The Morgan fingerprint density at radius 1 is 1.05 bits per heavy atom. The van der Waals surface area contributed by atoms with Crippen LogP contribution in [0.15, 0.2) is 30.5 Å². The van der Waals surface area contributed by atoms with Crippen molar-refractivity contribution >= 4 is 52.3 Å². The summed E-state index contributed by atoms with van der Waals surface area (Å²) in [5.41, 5.74) is 13.0. The molecule has 0 aliphatic rings. The third-order valence-corrected chi connectivity index (χ3v) is 6.64. The number of amides is 1. The van der Waals surface area contributed by atoms with Gasteiger partial charge in [0, 0.05) is 37.5 Å². The van der Waals surface area contributed by atoms with E-state index in [0.29, 0.717) is 24.0 Å². The van der Waals surface area contributed by atoms with E-state index in [2.05, 4.69) is 20.3 Å². The van der Waals surface area contributed by atoms with Crippen molar-refractivity contribution in [1.82, 2.24) is 20.3 Å². The van der Waals surface area contributed by atoms with Crippen molar-refractivity contribution in [3.8, 4) is 5.88 Å². The fourth-order valence-electron chi connectivity index (χ4n) is 4.31. The van der Waals surface area contributed by atoms with E-state index >= 15 is 0 Å². The number of carbonyl (C=O) groups excluding carboxylic acids is 2. The number of anilines is 2. The molecule has 1 amide bonds. The highest BCUT2D eigenvalue weighted by molar-refractivity contribution is 6.04. The molecule has 1 unspecified atom stereocenters. The van der Waals surface area contributed by atoms with Gasteiger partial charge in [-0.05, 0) is 49.1 Å². The number of aliphatic carboxylic acids is 3. The van der Waals surface area contributed by atoms with E-state index in [-0.39, 0.29) is 17.4 Å². The molecular weight excluding hydrogens is 554 g/mol. The van der Waals surface area contributed by atoms with Gasteiger partial charge in [-0.3, -0.25) is 24.0 Å². The van der Waals surface area contributed by atoms with Gasteiger partial charge in [0.05, 0.1) is 11.4 Å². The number of ketones is 1. The minimum Gasteiger partial charge on any atom is -0.493 e. The smallest absolute Gasteiger partial charge is 0.320 e. The summed E-state index contributed by atoms with van der Waals surface area (Å²) in [5.74, 6) is -8.39. The van der Waals surface area contributed by atoms with Gasteiger partial charge >= 0.3 is 17.9 Å². The number of nitrogens with one attached hydrogen (secondary N) is 2. The maximum Gasteiger partial charge on any atom is 0.320 e. The number of aromatic hydroxyl groups is 1. The van der Waals surface area contributed by atoms with Crippen molar-refractivity contribution < 1.29 is 44.4 Å². The fourth-order valence-corrected chi connectivity index (χ4v) is 4.31. The second-order valence-corrected chi connectivity index (χ2v) is 9.59. The summed E-state index contributed by atoms with van der Waals surface area (Å²) < 4.78 is 0. The number of nitrogen functional groups attached to an aromatic ring is 1. The second kappa shape index (κ2) is 13.4. The van der Waals surface area contributed by atoms with Gasteiger partial charge in [-0.15, -0.1) is 0 Å². The van der Waals surface area contributed by atoms with Crippen LogP contribution in [0.1, 0.15) is 35.2 Å². The number of Topliss-reactive ketones (excluding diaryl/α,β-unsaturated/α-hetero) is 1. The number of hydrogen-bond donors (Lipinski definition) is 8. The van der Waals surface area contributed by atoms with Crippen LogP contribution < -0.4 is 21.7 Å². The number of carboxylic acids is 3. The number of aromatic amines is 1. The molecule has 0 fully saturated rings. The largest absolute Gasteiger partial charge is 0.493 e. The molecule has 3 aromatic rings. The van der Waals surface area contributed by atoms with E-state index in [9.17, 15) is 34.2 Å². The first-order valence-corrected chi connectivity index (χ1v) is 12.7. The van der Waals surface area contributed by atoms with Crippen molar-refractivity contribution in [2.45, 2.75) is 37.8 Å². The van der Waals surface area contributed by atoms with Crippen LogP contribution in [0.3, 0.4) is 0 Å². The molecule has 2 aromatic heterocycles. The molecule has 16 nitrogen and oxygen atoms in total. The first-order valence-electron chi connectivity index (χ1n) is 12.7. The highest BCUT2D eigenvalue weighted by Crippen LogP contribution is 2.26. The Morgan fingerprint density at radius 2 is 1.71 bits per heavy atom. The summed E-state index contributed by atoms with van der Waals surface area (Å²) in [6.45, 7) is 0.503. The number of carbonyl (C=O) groups is 5. The predicted molar refractivity (Wildman–Crippen MR) is 148 cm³/mol. The molecule has 224 valence electrons.